The molecule has 0 spiro atoms. The zero-order chi connectivity index (χ0) is 6.69. The van der Waals surface area contributed by atoms with E-state index in [4.69, 9.17) is 5.11 Å². The van der Waals surface area contributed by atoms with E-state index in [0.29, 0.717) is 0 Å². The molecule has 1 rings (SSSR count). The number of nitrogens with zero attached hydrogens (tertiary/aromatic N) is 1. The fourth-order valence-electron chi connectivity index (χ4n) is 0.489. The van der Waals surface area contributed by atoms with E-state index in [-0.39, 0.29) is 0 Å². The number of hydrogen-bond acceptors (Lipinski definition) is 2. The van der Waals surface area contributed by atoms with E-state index in [1.807, 2.05) is 0 Å². The summed E-state index contributed by atoms with van der Waals surface area (Å²) in [5.74, 6) is 0. The Hall–Kier alpha value is -0.707. The fraction of sp³-hybridized carbons (Fsp3) is 0. The Morgan fingerprint density at radius 2 is 2.33 bits per heavy atom. The Balaban J connectivity index is 2.84. The summed E-state index contributed by atoms with van der Waals surface area (Å²) in [4.78, 5) is 11.2. The Bertz CT molecular complexity index is 217. The molecule has 0 saturated carbocycles. The molecule has 0 aromatic carbocycles. The van der Waals surface area contributed by atoms with Crippen LogP contribution in [0.3, 0.4) is 0 Å². The van der Waals surface area contributed by atoms with E-state index in [0.717, 1.165) is 0 Å². The quantitative estimate of drug-likeness (QED) is 0.620. The van der Waals surface area contributed by atoms with Gasteiger partial charge in [-0.3, -0.25) is 0 Å². The van der Waals surface area contributed by atoms with Crippen LogP contribution in [0.1, 0.15) is 0 Å². The Morgan fingerprint density at radius 3 is 2.67 bits per heavy atom. The molecule has 0 amide bonds. The summed E-state index contributed by atoms with van der Waals surface area (Å²) in [5.41, 5.74) is 0. The molecule has 0 fully saturated rings. The van der Waals surface area contributed by atoms with Gasteiger partial charge in [-0.1, -0.05) is 0 Å². The molecule has 46 valence electrons. The van der Waals surface area contributed by atoms with Gasteiger partial charge in [-0.05, 0) is 0 Å². The minimum absolute atomic E-state index is 0.740. The van der Waals surface area contributed by atoms with Gasteiger partial charge in [-0.15, -0.1) is 0 Å². The molecule has 1 N–H and O–H groups in total. The summed E-state index contributed by atoms with van der Waals surface area (Å²) in [6.07, 6.45) is 5.04. The predicted octanol–water partition coefficient (Wildman–Crippen LogP) is 1.13. The number of allylic oxidation sites excluding steroid dienone is 2. The molecular formula is C5H5GeNO2. The zero-order valence-electron chi connectivity index (χ0n) is 4.61. The average molecular weight is 184 g/mol. The van der Waals surface area contributed by atoms with Gasteiger partial charge in [0.25, 0.3) is 0 Å². The first kappa shape index (κ1) is 6.41. The monoisotopic (exact) mass is 185 g/mol. The third-order valence-electron chi connectivity index (χ3n) is 0.884. The first-order valence-electron chi connectivity index (χ1n) is 2.45. The third-order valence-corrected chi connectivity index (χ3v) is 3.77. The van der Waals surface area contributed by atoms with Crippen molar-refractivity contribution < 1.29 is 9.90 Å². The van der Waals surface area contributed by atoms with Crippen molar-refractivity contribution in [1.29, 1.82) is 0 Å². The van der Waals surface area contributed by atoms with Crippen molar-refractivity contribution in [2.45, 2.75) is 0 Å². The molecule has 0 atom stereocenters. The van der Waals surface area contributed by atoms with E-state index < -0.39 is 19.0 Å². The molecule has 0 aromatic heterocycles. The van der Waals surface area contributed by atoms with Crippen LogP contribution in [0.2, 0.25) is 0 Å². The van der Waals surface area contributed by atoms with E-state index in [2.05, 4.69) is 3.90 Å². The summed E-state index contributed by atoms with van der Waals surface area (Å²) in [6.45, 7) is 0. The maximum atomic E-state index is 10.2. The molecule has 0 aromatic rings. The van der Waals surface area contributed by atoms with Crippen LogP contribution in [0.15, 0.2) is 27.2 Å². The molecule has 0 radical (unpaired) electrons. The van der Waals surface area contributed by atoms with E-state index in [1.54, 1.807) is 23.3 Å². The molecule has 0 bridgehead atoms. The fourth-order valence-corrected chi connectivity index (χ4v) is 2.33. The molecule has 3 nitrogen and oxygen atoms in total. The van der Waals surface area contributed by atoms with E-state index in [9.17, 15) is 4.79 Å². The molecule has 1 aliphatic rings. The second-order valence-corrected chi connectivity index (χ2v) is 5.28. The van der Waals surface area contributed by atoms with Crippen LogP contribution in [0, 0.1) is 0 Å². The van der Waals surface area contributed by atoms with Crippen LogP contribution in [-0.2, 0) is 0 Å². The molecule has 1 heterocycles. The normalized spacial score (nSPS) is 15.3. The van der Waals surface area contributed by atoms with Gasteiger partial charge in [-0.2, -0.15) is 0 Å². The molecule has 9 heavy (non-hydrogen) atoms. The predicted molar refractivity (Wildman–Crippen MR) is 34.5 cm³/mol. The van der Waals surface area contributed by atoms with Gasteiger partial charge >= 0.3 is 56.0 Å². The van der Waals surface area contributed by atoms with Crippen LogP contribution in [0.25, 0.3) is 0 Å². The van der Waals surface area contributed by atoms with Gasteiger partial charge in [0, 0.05) is 0 Å². The summed E-state index contributed by atoms with van der Waals surface area (Å²) < 4.78 is 3.83. The Labute approximate surface area is 56.6 Å². The summed E-state index contributed by atoms with van der Waals surface area (Å²) >= 11 is -2.18. The van der Waals surface area contributed by atoms with E-state index >= 15 is 0 Å². The first-order valence-corrected chi connectivity index (χ1v) is 5.65. The molecular weight excluding hydrogens is 179 g/mol. The van der Waals surface area contributed by atoms with Crippen molar-refractivity contribution in [3.05, 3.63) is 23.3 Å². The molecule has 0 saturated heterocycles. The van der Waals surface area contributed by atoms with Gasteiger partial charge in [0.1, 0.15) is 0 Å². The number of rotatable bonds is 1. The van der Waals surface area contributed by atoms with Gasteiger partial charge < -0.3 is 0 Å². The second kappa shape index (κ2) is 2.73. The van der Waals surface area contributed by atoms with Crippen molar-refractivity contribution >= 4 is 19.0 Å². The standard InChI is InChI=1S/C5H5GeNO2/c8-5(9)6-3-1-2-4-7-6/h1-4H,(H,8,9). The van der Waals surface area contributed by atoms with Gasteiger partial charge in [0.15, 0.2) is 0 Å². The molecule has 1 aliphatic heterocycles. The number of hydrogen-bond donors (Lipinski definition) is 1. The summed E-state index contributed by atoms with van der Waals surface area (Å²) in [7, 11) is 0. The number of carboxylic acid groups (broad SMARTS) is 1. The minimum atomic E-state index is -2.18. The van der Waals surface area contributed by atoms with Crippen molar-refractivity contribution in [2.24, 2.45) is 3.90 Å². The molecule has 4 heteroatoms. The first-order chi connectivity index (χ1) is 4.30. The van der Waals surface area contributed by atoms with Crippen LogP contribution in [0.4, 0.5) is 4.79 Å². The topological polar surface area (TPSA) is 49.7 Å². The number of carbonyl (C=O) groups is 1. The average Bonchev–Trinajstić information content (AvgIpc) is 1.90. The third kappa shape index (κ3) is 1.60. The van der Waals surface area contributed by atoms with Crippen LogP contribution >= 0.6 is 0 Å². The second-order valence-electron chi connectivity index (χ2n) is 1.52. The zero-order valence-corrected chi connectivity index (χ0v) is 6.71. The SMILES string of the molecule is O=[C](O)[Ge]1=[N]C=CC=[CH]1. The van der Waals surface area contributed by atoms with Crippen LogP contribution in [0.5, 0.6) is 0 Å². The van der Waals surface area contributed by atoms with Crippen molar-refractivity contribution in [2.75, 3.05) is 0 Å². The molecule has 0 aliphatic carbocycles. The van der Waals surface area contributed by atoms with Gasteiger partial charge in [0.2, 0.25) is 0 Å². The molecule has 0 unspecified atom stereocenters. The summed E-state index contributed by atoms with van der Waals surface area (Å²) in [5, 5.41) is 8.43. The Morgan fingerprint density at radius 1 is 1.56 bits per heavy atom. The maximum absolute atomic E-state index is 10.2. The van der Waals surface area contributed by atoms with Crippen molar-refractivity contribution in [3.8, 4) is 0 Å². The van der Waals surface area contributed by atoms with Gasteiger partial charge in [-0.25, -0.2) is 0 Å². The Kier molecular flexibility index (Phi) is 1.94. The van der Waals surface area contributed by atoms with Crippen LogP contribution in [-0.4, -0.2) is 24.1 Å². The van der Waals surface area contributed by atoms with E-state index in [1.165, 1.54) is 0 Å². The van der Waals surface area contributed by atoms with Crippen molar-refractivity contribution in [1.82, 2.24) is 0 Å². The van der Waals surface area contributed by atoms with Crippen LogP contribution < -0.4 is 0 Å². The van der Waals surface area contributed by atoms with Gasteiger partial charge in [0.05, 0.1) is 0 Å². The summed E-state index contributed by atoms with van der Waals surface area (Å²) in [6, 6.07) is 0. The van der Waals surface area contributed by atoms with Crippen molar-refractivity contribution in [3.63, 3.8) is 0 Å².